The van der Waals surface area contributed by atoms with Gasteiger partial charge in [-0.05, 0) is 50.5 Å². The highest BCUT2D eigenvalue weighted by Crippen LogP contribution is 2.33. The summed E-state index contributed by atoms with van der Waals surface area (Å²) in [5.74, 6) is 1.18. The van der Waals surface area contributed by atoms with E-state index in [1.807, 2.05) is 38.2 Å². The summed E-state index contributed by atoms with van der Waals surface area (Å²) in [5, 5.41) is 7.19. The van der Waals surface area contributed by atoms with Crippen LogP contribution in [0.5, 0.6) is 0 Å². The number of benzene rings is 1. The standard InChI is InChI=1S/C15H19N3O2/c1-15(9-3-4-10-19-15)14-17-13(20-18-14)11-5-7-12(16-2)8-6-11/h5-8,16H,3-4,9-10H2,1-2H3. The Balaban J connectivity index is 1.85. The Morgan fingerprint density at radius 3 is 2.65 bits per heavy atom. The van der Waals surface area contributed by atoms with Crippen molar-refractivity contribution < 1.29 is 9.26 Å². The number of aromatic nitrogens is 2. The largest absolute Gasteiger partial charge is 0.388 e. The van der Waals surface area contributed by atoms with Crippen LogP contribution in [0.15, 0.2) is 28.8 Å². The molecule has 1 N–H and O–H groups in total. The minimum Gasteiger partial charge on any atom is -0.388 e. The zero-order chi connectivity index (χ0) is 14.0. The van der Waals surface area contributed by atoms with E-state index in [0.29, 0.717) is 11.7 Å². The van der Waals surface area contributed by atoms with E-state index in [-0.39, 0.29) is 0 Å². The maximum atomic E-state index is 5.84. The topological polar surface area (TPSA) is 60.2 Å². The van der Waals surface area contributed by atoms with E-state index < -0.39 is 5.60 Å². The van der Waals surface area contributed by atoms with Crippen LogP contribution in [0.2, 0.25) is 0 Å². The second kappa shape index (κ2) is 5.25. The maximum absolute atomic E-state index is 5.84. The molecule has 1 fully saturated rings. The molecule has 0 amide bonds. The Labute approximate surface area is 118 Å². The number of hydrogen-bond donors (Lipinski definition) is 1. The smallest absolute Gasteiger partial charge is 0.258 e. The molecular formula is C15H19N3O2. The molecule has 20 heavy (non-hydrogen) atoms. The van der Waals surface area contributed by atoms with Gasteiger partial charge in [-0.2, -0.15) is 4.98 Å². The predicted octanol–water partition coefficient (Wildman–Crippen LogP) is 3.19. The van der Waals surface area contributed by atoms with Crippen LogP contribution in [-0.4, -0.2) is 23.8 Å². The fourth-order valence-corrected chi connectivity index (χ4v) is 2.45. The lowest BCUT2D eigenvalue weighted by Gasteiger charge is -2.30. The van der Waals surface area contributed by atoms with Crippen LogP contribution in [0.4, 0.5) is 5.69 Å². The molecule has 0 aliphatic carbocycles. The Hall–Kier alpha value is -1.88. The van der Waals surface area contributed by atoms with Crippen molar-refractivity contribution in [2.75, 3.05) is 19.0 Å². The zero-order valence-corrected chi connectivity index (χ0v) is 11.8. The number of ether oxygens (including phenoxy) is 1. The van der Waals surface area contributed by atoms with Crippen LogP contribution in [0.3, 0.4) is 0 Å². The molecule has 0 radical (unpaired) electrons. The first-order valence-corrected chi connectivity index (χ1v) is 6.98. The first kappa shape index (κ1) is 13.1. The minimum atomic E-state index is -0.412. The van der Waals surface area contributed by atoms with E-state index in [2.05, 4.69) is 15.5 Å². The van der Waals surface area contributed by atoms with Crippen molar-refractivity contribution in [3.8, 4) is 11.5 Å². The number of anilines is 1. The van der Waals surface area contributed by atoms with E-state index in [4.69, 9.17) is 9.26 Å². The minimum absolute atomic E-state index is 0.412. The van der Waals surface area contributed by atoms with Gasteiger partial charge in [-0.25, -0.2) is 0 Å². The van der Waals surface area contributed by atoms with Gasteiger partial charge in [0, 0.05) is 24.9 Å². The fourth-order valence-electron chi connectivity index (χ4n) is 2.45. The van der Waals surface area contributed by atoms with Crippen LogP contribution < -0.4 is 5.32 Å². The third kappa shape index (κ3) is 2.41. The number of nitrogens with zero attached hydrogens (tertiary/aromatic N) is 2. The first-order valence-electron chi connectivity index (χ1n) is 6.98. The zero-order valence-electron chi connectivity index (χ0n) is 11.8. The summed E-state index contributed by atoms with van der Waals surface area (Å²) < 4.78 is 11.2. The lowest BCUT2D eigenvalue weighted by Crippen LogP contribution is -2.31. The molecule has 0 bridgehead atoms. The molecule has 1 unspecified atom stereocenters. The molecule has 1 aliphatic heterocycles. The van der Waals surface area contributed by atoms with Crippen LogP contribution in [0.1, 0.15) is 32.0 Å². The van der Waals surface area contributed by atoms with Gasteiger partial charge >= 0.3 is 0 Å². The second-order valence-electron chi connectivity index (χ2n) is 5.29. The Bertz CT molecular complexity index is 571. The van der Waals surface area contributed by atoms with Crippen molar-refractivity contribution in [3.63, 3.8) is 0 Å². The Morgan fingerprint density at radius 1 is 1.20 bits per heavy atom. The second-order valence-corrected chi connectivity index (χ2v) is 5.29. The van der Waals surface area contributed by atoms with Crippen molar-refractivity contribution in [3.05, 3.63) is 30.1 Å². The highest BCUT2D eigenvalue weighted by atomic mass is 16.5. The van der Waals surface area contributed by atoms with Crippen molar-refractivity contribution in [2.45, 2.75) is 31.8 Å². The van der Waals surface area contributed by atoms with Crippen LogP contribution >= 0.6 is 0 Å². The lowest BCUT2D eigenvalue weighted by molar-refractivity contribution is -0.0770. The summed E-state index contributed by atoms with van der Waals surface area (Å²) in [6, 6.07) is 7.90. The summed E-state index contributed by atoms with van der Waals surface area (Å²) in [5.41, 5.74) is 1.56. The third-order valence-electron chi connectivity index (χ3n) is 3.79. The van der Waals surface area contributed by atoms with Gasteiger partial charge in [0.15, 0.2) is 0 Å². The molecule has 1 aromatic heterocycles. The van der Waals surface area contributed by atoms with Gasteiger partial charge in [-0.3, -0.25) is 0 Å². The number of rotatable bonds is 3. The molecule has 2 heterocycles. The number of hydrogen-bond acceptors (Lipinski definition) is 5. The van der Waals surface area contributed by atoms with Gasteiger partial charge in [0.25, 0.3) is 5.89 Å². The quantitative estimate of drug-likeness (QED) is 0.930. The maximum Gasteiger partial charge on any atom is 0.258 e. The first-order chi connectivity index (χ1) is 9.71. The van der Waals surface area contributed by atoms with Gasteiger partial charge in [0.1, 0.15) is 5.60 Å². The van der Waals surface area contributed by atoms with Crippen molar-refractivity contribution in [1.82, 2.24) is 10.1 Å². The van der Waals surface area contributed by atoms with Gasteiger partial charge in [0.05, 0.1) is 0 Å². The number of nitrogens with one attached hydrogen (secondary N) is 1. The highest BCUT2D eigenvalue weighted by molar-refractivity contribution is 5.58. The average molecular weight is 273 g/mol. The predicted molar refractivity (Wildman–Crippen MR) is 76.4 cm³/mol. The summed E-state index contributed by atoms with van der Waals surface area (Å²) in [4.78, 5) is 4.51. The molecule has 106 valence electrons. The Kier molecular flexibility index (Phi) is 3.44. The summed E-state index contributed by atoms with van der Waals surface area (Å²) in [6.45, 7) is 2.79. The van der Waals surface area contributed by atoms with E-state index in [1.165, 1.54) is 0 Å². The molecule has 1 atom stereocenters. The molecule has 3 rings (SSSR count). The summed E-state index contributed by atoms with van der Waals surface area (Å²) >= 11 is 0. The van der Waals surface area contributed by atoms with E-state index in [1.54, 1.807) is 0 Å². The van der Waals surface area contributed by atoms with Gasteiger partial charge in [-0.15, -0.1) is 0 Å². The van der Waals surface area contributed by atoms with Crippen LogP contribution in [-0.2, 0) is 10.3 Å². The van der Waals surface area contributed by atoms with Crippen molar-refractivity contribution in [1.29, 1.82) is 0 Å². The normalized spacial score (nSPS) is 22.7. The van der Waals surface area contributed by atoms with Crippen molar-refractivity contribution in [2.24, 2.45) is 0 Å². The van der Waals surface area contributed by atoms with Gasteiger partial charge in [-0.1, -0.05) is 5.16 Å². The summed E-state index contributed by atoms with van der Waals surface area (Å²) in [6.07, 6.45) is 3.17. The lowest BCUT2D eigenvalue weighted by atomic mass is 9.95. The molecule has 1 aliphatic rings. The summed E-state index contributed by atoms with van der Waals surface area (Å²) in [7, 11) is 1.89. The van der Waals surface area contributed by atoms with Crippen LogP contribution in [0, 0.1) is 0 Å². The van der Waals surface area contributed by atoms with E-state index >= 15 is 0 Å². The van der Waals surface area contributed by atoms with Gasteiger partial charge < -0.3 is 14.6 Å². The molecule has 0 saturated carbocycles. The van der Waals surface area contributed by atoms with Crippen molar-refractivity contribution >= 4 is 5.69 Å². The van der Waals surface area contributed by atoms with E-state index in [0.717, 1.165) is 37.1 Å². The molecule has 5 heteroatoms. The molecule has 0 spiro atoms. The van der Waals surface area contributed by atoms with Gasteiger partial charge in [0.2, 0.25) is 5.82 Å². The highest BCUT2D eigenvalue weighted by Gasteiger charge is 2.35. The monoisotopic (exact) mass is 273 g/mol. The fraction of sp³-hybridized carbons (Fsp3) is 0.467. The molecular weight excluding hydrogens is 254 g/mol. The van der Waals surface area contributed by atoms with Crippen LogP contribution in [0.25, 0.3) is 11.5 Å². The van der Waals surface area contributed by atoms with E-state index in [9.17, 15) is 0 Å². The molecule has 1 saturated heterocycles. The average Bonchev–Trinajstić information content (AvgIpc) is 2.99. The third-order valence-corrected chi connectivity index (χ3v) is 3.79. The Morgan fingerprint density at radius 2 is 2.00 bits per heavy atom. The molecule has 2 aromatic rings. The SMILES string of the molecule is CNc1ccc(-c2nc(C3(C)CCCCO3)no2)cc1. The molecule has 5 nitrogen and oxygen atoms in total. The molecule has 1 aromatic carbocycles.